The molecule has 0 unspecified atom stereocenters. The molecular weight excluding hydrogens is 412 g/mol. The van der Waals surface area contributed by atoms with Crippen molar-refractivity contribution in [3.8, 4) is 0 Å². The Morgan fingerprint density at radius 1 is 0.933 bits per heavy atom. The van der Waals surface area contributed by atoms with E-state index in [9.17, 15) is 35.4 Å². The van der Waals surface area contributed by atoms with Crippen LogP contribution in [-0.4, -0.2) is 129 Å². The molecule has 0 bridgehead atoms. The first kappa shape index (κ1) is 25.3. The third kappa shape index (κ3) is 5.26. The Balaban J connectivity index is 2.15. The number of aliphatic hydroxyl groups is 6. The largest absolute Gasteiger partial charge is 0.479 e. The summed E-state index contributed by atoms with van der Waals surface area (Å²) in [4.78, 5) is 10.9. The van der Waals surface area contributed by atoms with Crippen molar-refractivity contribution in [2.45, 2.75) is 87.5 Å². The van der Waals surface area contributed by atoms with E-state index in [2.05, 4.69) is 0 Å². The van der Waals surface area contributed by atoms with Crippen LogP contribution in [0, 0.1) is 0 Å². The molecule has 0 aromatic carbocycles. The maximum absolute atomic E-state index is 10.9. The number of methoxy groups -OCH3 is 1. The summed E-state index contributed by atoms with van der Waals surface area (Å²) in [6.07, 6.45) is -16.7. The maximum Gasteiger partial charge on any atom is 0.335 e. The lowest BCUT2D eigenvalue weighted by Crippen LogP contribution is -2.64. The van der Waals surface area contributed by atoms with Crippen LogP contribution in [0.2, 0.25) is 0 Å². The van der Waals surface area contributed by atoms with Crippen molar-refractivity contribution >= 4 is 5.97 Å². The highest BCUT2D eigenvalue weighted by molar-refractivity contribution is 5.72. The van der Waals surface area contributed by atoms with Crippen LogP contribution >= 0.6 is 0 Å². The Morgan fingerprint density at radius 2 is 1.43 bits per heavy atom. The maximum atomic E-state index is 10.9. The number of hydrogen-bond donors (Lipinski definition) is 7. The van der Waals surface area contributed by atoms with Gasteiger partial charge in [-0.15, -0.1) is 0 Å². The van der Waals surface area contributed by atoms with Crippen molar-refractivity contribution in [2.24, 2.45) is 0 Å². The molecule has 2 aliphatic rings. The number of rotatable bonds is 8. The fraction of sp³-hybridized carbons (Fsp3) is 0.941. The van der Waals surface area contributed by atoms with Gasteiger partial charge in [-0.05, 0) is 13.8 Å². The van der Waals surface area contributed by atoms with Gasteiger partial charge in [0.1, 0.15) is 42.7 Å². The minimum Gasteiger partial charge on any atom is -0.479 e. The van der Waals surface area contributed by atoms with Crippen LogP contribution in [0.3, 0.4) is 0 Å². The van der Waals surface area contributed by atoms with Gasteiger partial charge in [-0.2, -0.15) is 0 Å². The molecule has 0 aromatic rings. The van der Waals surface area contributed by atoms with Gasteiger partial charge in [-0.3, -0.25) is 0 Å². The Kier molecular flexibility index (Phi) is 8.91. The lowest BCUT2D eigenvalue weighted by Gasteiger charge is -2.46. The van der Waals surface area contributed by atoms with Crippen LogP contribution < -0.4 is 0 Å². The van der Waals surface area contributed by atoms with Crippen molar-refractivity contribution in [1.29, 1.82) is 0 Å². The first-order valence-corrected chi connectivity index (χ1v) is 9.42. The van der Waals surface area contributed by atoms with Gasteiger partial charge in [0, 0.05) is 7.11 Å². The minimum absolute atomic E-state index is 0.800. The van der Waals surface area contributed by atoms with Gasteiger partial charge >= 0.3 is 5.97 Å². The fourth-order valence-corrected chi connectivity index (χ4v) is 3.36. The third-order valence-electron chi connectivity index (χ3n) is 5.22. The van der Waals surface area contributed by atoms with E-state index < -0.39 is 86.2 Å². The van der Waals surface area contributed by atoms with E-state index in [1.807, 2.05) is 0 Å². The molecule has 13 nitrogen and oxygen atoms in total. The second kappa shape index (κ2) is 10.6. The number of carboxylic acids is 1. The molecule has 13 heteroatoms. The van der Waals surface area contributed by atoms with E-state index in [1.165, 1.54) is 21.0 Å². The van der Waals surface area contributed by atoms with Gasteiger partial charge in [-0.1, -0.05) is 0 Å². The summed E-state index contributed by atoms with van der Waals surface area (Å²) < 4.78 is 26.6. The number of aliphatic hydroxyl groups excluding tert-OH is 6. The van der Waals surface area contributed by atoms with Crippen molar-refractivity contribution < 1.29 is 64.2 Å². The van der Waals surface area contributed by atoms with Gasteiger partial charge in [0.25, 0.3) is 0 Å². The standard InChI is InChI=1S/C17H30O13/c1-5-8(19)13(26-3)11(22)17(28-5)30-14-9(20)6(2)27-16(12(14)23)29-7(4-18)10(21)15(24)25/h5-14,16-23H,4H2,1-3H3,(H,24,25)/t5-,6-,7-,8+,9+,10-,11+,12-,13+,14+,16-,17-/m0/s1. The molecule has 2 heterocycles. The molecule has 0 aliphatic carbocycles. The first-order chi connectivity index (χ1) is 14.0. The second-order valence-corrected chi connectivity index (χ2v) is 7.32. The van der Waals surface area contributed by atoms with E-state index in [4.69, 9.17) is 28.8 Å². The van der Waals surface area contributed by atoms with E-state index in [-0.39, 0.29) is 0 Å². The van der Waals surface area contributed by atoms with Crippen molar-refractivity contribution in [1.82, 2.24) is 0 Å². The van der Waals surface area contributed by atoms with Gasteiger partial charge in [0.15, 0.2) is 18.7 Å². The van der Waals surface area contributed by atoms with Gasteiger partial charge < -0.3 is 59.4 Å². The molecule has 30 heavy (non-hydrogen) atoms. The fourth-order valence-electron chi connectivity index (χ4n) is 3.36. The summed E-state index contributed by atoms with van der Waals surface area (Å²) in [5.41, 5.74) is 0. The molecule has 0 radical (unpaired) electrons. The quantitative estimate of drug-likeness (QED) is 0.192. The predicted molar refractivity (Wildman–Crippen MR) is 94.0 cm³/mol. The zero-order valence-corrected chi connectivity index (χ0v) is 16.7. The molecule has 2 saturated heterocycles. The summed E-state index contributed by atoms with van der Waals surface area (Å²) in [7, 11) is 1.28. The van der Waals surface area contributed by atoms with Crippen LogP contribution in [0.4, 0.5) is 0 Å². The average molecular weight is 442 g/mol. The molecule has 2 fully saturated rings. The Labute approximate surface area is 172 Å². The zero-order chi connectivity index (χ0) is 22.7. The van der Waals surface area contributed by atoms with Crippen LogP contribution in [0.1, 0.15) is 13.8 Å². The Bertz CT molecular complexity index is 562. The SMILES string of the molecule is CO[C@H]1[C@@H](O)[C@H](O[C@H]2[C@H](O)[C@H](O[C@@H](CO)[C@H](O)C(=O)O)O[C@@H](C)[C@H]2O)O[C@@H](C)[C@H]1O. The summed E-state index contributed by atoms with van der Waals surface area (Å²) in [6.45, 7) is 2.05. The molecule has 0 aromatic heterocycles. The minimum atomic E-state index is -2.10. The lowest BCUT2D eigenvalue weighted by atomic mass is 9.97. The van der Waals surface area contributed by atoms with Crippen LogP contribution in [-0.2, 0) is 28.5 Å². The molecule has 0 saturated carbocycles. The van der Waals surface area contributed by atoms with E-state index in [0.717, 1.165) is 0 Å². The summed E-state index contributed by atoms with van der Waals surface area (Å²) in [6, 6.07) is 0. The van der Waals surface area contributed by atoms with Gasteiger partial charge in [-0.25, -0.2) is 4.79 Å². The Hall–Kier alpha value is -0.970. The first-order valence-electron chi connectivity index (χ1n) is 9.42. The molecule has 0 amide bonds. The smallest absolute Gasteiger partial charge is 0.335 e. The van der Waals surface area contributed by atoms with E-state index in [1.54, 1.807) is 0 Å². The van der Waals surface area contributed by atoms with E-state index >= 15 is 0 Å². The summed E-state index contributed by atoms with van der Waals surface area (Å²) in [5, 5.41) is 69.2. The molecule has 7 N–H and O–H groups in total. The molecule has 12 atom stereocenters. The monoisotopic (exact) mass is 442 g/mol. The van der Waals surface area contributed by atoms with Crippen molar-refractivity contribution in [2.75, 3.05) is 13.7 Å². The number of carboxylic acid groups (broad SMARTS) is 1. The highest BCUT2D eigenvalue weighted by Crippen LogP contribution is 2.30. The summed E-state index contributed by atoms with van der Waals surface area (Å²) in [5.74, 6) is -1.66. The number of hydrogen-bond acceptors (Lipinski definition) is 12. The molecule has 0 spiro atoms. The zero-order valence-electron chi connectivity index (χ0n) is 16.7. The average Bonchev–Trinajstić information content (AvgIpc) is 2.70. The number of carbonyl (C=O) groups is 1. The highest BCUT2D eigenvalue weighted by atomic mass is 16.7. The molecule has 2 aliphatic heterocycles. The van der Waals surface area contributed by atoms with Crippen LogP contribution in [0.5, 0.6) is 0 Å². The predicted octanol–water partition coefficient (Wildman–Crippen LogP) is -3.86. The normalized spacial score (nSPS) is 44.4. The third-order valence-corrected chi connectivity index (χ3v) is 5.22. The van der Waals surface area contributed by atoms with E-state index in [0.29, 0.717) is 0 Å². The van der Waals surface area contributed by atoms with Gasteiger partial charge in [0.05, 0.1) is 18.8 Å². The molecule has 2 rings (SSSR count). The number of ether oxygens (including phenoxy) is 5. The lowest BCUT2D eigenvalue weighted by molar-refractivity contribution is -0.361. The van der Waals surface area contributed by atoms with Gasteiger partial charge in [0.2, 0.25) is 0 Å². The summed E-state index contributed by atoms with van der Waals surface area (Å²) >= 11 is 0. The van der Waals surface area contributed by atoms with Crippen LogP contribution in [0.15, 0.2) is 0 Å². The Morgan fingerprint density at radius 3 is 1.93 bits per heavy atom. The second-order valence-electron chi connectivity index (χ2n) is 7.32. The van der Waals surface area contributed by atoms with Crippen LogP contribution in [0.25, 0.3) is 0 Å². The van der Waals surface area contributed by atoms with Crippen molar-refractivity contribution in [3.63, 3.8) is 0 Å². The highest BCUT2D eigenvalue weighted by Gasteiger charge is 2.50. The number of aliphatic carboxylic acids is 1. The molecule has 176 valence electrons. The molecular formula is C17H30O13. The van der Waals surface area contributed by atoms with Crippen molar-refractivity contribution in [3.05, 3.63) is 0 Å². The topological polar surface area (TPSA) is 205 Å².